The molecular formula is C11H16N6O3. The van der Waals surface area contributed by atoms with Crippen molar-refractivity contribution in [1.29, 1.82) is 0 Å². The van der Waals surface area contributed by atoms with Crippen LogP contribution in [-0.2, 0) is 4.79 Å². The van der Waals surface area contributed by atoms with Gasteiger partial charge in [0.15, 0.2) is 0 Å². The maximum absolute atomic E-state index is 11.4. The van der Waals surface area contributed by atoms with Gasteiger partial charge in [-0.25, -0.2) is 9.97 Å². The monoisotopic (exact) mass is 280 g/mol. The molecule has 2 N–H and O–H groups in total. The van der Waals surface area contributed by atoms with Crippen molar-refractivity contribution in [3.63, 3.8) is 0 Å². The lowest BCUT2D eigenvalue weighted by molar-refractivity contribution is -0.383. The van der Waals surface area contributed by atoms with Crippen LogP contribution in [0, 0.1) is 10.1 Å². The minimum Gasteiger partial charge on any atom is -0.364 e. The van der Waals surface area contributed by atoms with E-state index in [9.17, 15) is 14.9 Å². The van der Waals surface area contributed by atoms with Crippen molar-refractivity contribution in [2.75, 3.05) is 36.4 Å². The van der Waals surface area contributed by atoms with Crippen LogP contribution in [0.1, 0.15) is 13.3 Å². The molecule has 1 fully saturated rings. The predicted octanol–water partition coefficient (Wildman–Crippen LogP) is 0.143. The Morgan fingerprint density at radius 2 is 2.35 bits per heavy atom. The van der Waals surface area contributed by atoms with Crippen LogP contribution in [0.3, 0.4) is 0 Å². The zero-order valence-corrected chi connectivity index (χ0v) is 11.1. The van der Waals surface area contributed by atoms with Crippen LogP contribution in [0.2, 0.25) is 0 Å². The third kappa shape index (κ3) is 2.92. The summed E-state index contributed by atoms with van der Waals surface area (Å²) in [5, 5.41) is 16.9. The summed E-state index contributed by atoms with van der Waals surface area (Å²) in [7, 11) is 0. The van der Waals surface area contributed by atoms with Crippen molar-refractivity contribution >= 4 is 23.2 Å². The number of carbonyl (C=O) groups is 1. The summed E-state index contributed by atoms with van der Waals surface area (Å²) in [6.45, 7) is 3.52. The molecule has 0 radical (unpaired) electrons. The van der Waals surface area contributed by atoms with E-state index in [1.165, 1.54) is 6.33 Å². The van der Waals surface area contributed by atoms with Gasteiger partial charge in [0.2, 0.25) is 17.5 Å². The number of nitrogens with one attached hydrogen (secondary N) is 2. The van der Waals surface area contributed by atoms with Gasteiger partial charge in [-0.05, 0) is 6.42 Å². The molecule has 108 valence electrons. The summed E-state index contributed by atoms with van der Waals surface area (Å²) in [6.07, 6.45) is 2.09. The van der Waals surface area contributed by atoms with Gasteiger partial charge in [0.1, 0.15) is 6.33 Å². The first kappa shape index (κ1) is 14.0. The van der Waals surface area contributed by atoms with E-state index in [0.717, 1.165) is 6.42 Å². The molecule has 0 spiro atoms. The zero-order chi connectivity index (χ0) is 14.5. The lowest BCUT2D eigenvalue weighted by Gasteiger charge is -2.27. The molecule has 1 aromatic rings. The van der Waals surface area contributed by atoms with Gasteiger partial charge in [0.25, 0.3) is 0 Å². The number of nitrogens with zero attached hydrogens (tertiary/aromatic N) is 4. The molecule has 1 aromatic heterocycles. The highest BCUT2D eigenvalue weighted by Crippen LogP contribution is 2.31. The van der Waals surface area contributed by atoms with Gasteiger partial charge >= 0.3 is 5.69 Å². The van der Waals surface area contributed by atoms with E-state index in [1.54, 1.807) is 4.90 Å². The second-order valence-corrected chi connectivity index (χ2v) is 4.35. The average molecular weight is 280 g/mol. The second-order valence-electron chi connectivity index (χ2n) is 4.35. The average Bonchev–Trinajstić information content (AvgIpc) is 2.44. The lowest BCUT2D eigenvalue weighted by atomic mass is 10.3. The molecule has 0 aliphatic carbocycles. The van der Waals surface area contributed by atoms with Crippen molar-refractivity contribution in [3.8, 4) is 0 Å². The normalized spacial score (nSPS) is 14.8. The number of amides is 1. The minimum absolute atomic E-state index is 0.0606. The molecule has 2 heterocycles. The molecule has 0 bridgehead atoms. The van der Waals surface area contributed by atoms with Gasteiger partial charge in [0.05, 0.1) is 11.5 Å². The van der Waals surface area contributed by atoms with Gasteiger partial charge in [0, 0.05) is 19.6 Å². The van der Waals surface area contributed by atoms with E-state index in [0.29, 0.717) is 19.6 Å². The molecule has 0 saturated carbocycles. The number of rotatable bonds is 5. The van der Waals surface area contributed by atoms with Crippen LogP contribution < -0.4 is 15.5 Å². The van der Waals surface area contributed by atoms with Crippen LogP contribution in [0.4, 0.5) is 17.3 Å². The summed E-state index contributed by atoms with van der Waals surface area (Å²) in [5.41, 5.74) is -0.185. The Hall–Kier alpha value is -2.45. The van der Waals surface area contributed by atoms with Crippen LogP contribution in [0.25, 0.3) is 0 Å². The number of aromatic nitrogens is 2. The largest absolute Gasteiger partial charge is 0.364 e. The molecule has 2 rings (SSSR count). The zero-order valence-electron chi connectivity index (χ0n) is 11.1. The SMILES string of the molecule is CCCNc1ncnc(N2CCNC(=O)C2)c1[N+](=O)[O-]. The Morgan fingerprint density at radius 1 is 1.55 bits per heavy atom. The lowest BCUT2D eigenvalue weighted by Crippen LogP contribution is -2.48. The van der Waals surface area contributed by atoms with Crippen molar-refractivity contribution in [2.45, 2.75) is 13.3 Å². The summed E-state index contributed by atoms with van der Waals surface area (Å²) in [5.74, 6) is 0.193. The first-order valence-electron chi connectivity index (χ1n) is 6.38. The molecule has 1 amide bonds. The number of hydrogen-bond donors (Lipinski definition) is 2. The Morgan fingerprint density at radius 3 is 3.00 bits per heavy atom. The summed E-state index contributed by atoms with van der Waals surface area (Å²) in [6, 6.07) is 0. The molecule has 9 nitrogen and oxygen atoms in total. The Balaban J connectivity index is 2.35. The Bertz CT molecular complexity index is 521. The fraction of sp³-hybridized carbons (Fsp3) is 0.545. The molecule has 1 saturated heterocycles. The molecule has 0 aromatic carbocycles. The van der Waals surface area contributed by atoms with E-state index in [1.807, 2.05) is 6.92 Å². The fourth-order valence-electron chi connectivity index (χ4n) is 1.96. The first-order valence-corrected chi connectivity index (χ1v) is 6.38. The van der Waals surface area contributed by atoms with Crippen LogP contribution >= 0.6 is 0 Å². The van der Waals surface area contributed by atoms with Gasteiger partial charge < -0.3 is 15.5 Å². The fourth-order valence-corrected chi connectivity index (χ4v) is 1.96. The number of anilines is 2. The molecule has 1 aliphatic rings. The van der Waals surface area contributed by atoms with Crippen molar-refractivity contribution in [3.05, 3.63) is 16.4 Å². The second kappa shape index (κ2) is 6.13. The highest BCUT2D eigenvalue weighted by Gasteiger charge is 2.29. The van der Waals surface area contributed by atoms with Crippen molar-refractivity contribution < 1.29 is 9.72 Å². The summed E-state index contributed by atoms with van der Waals surface area (Å²) in [4.78, 5) is 31.7. The molecular weight excluding hydrogens is 264 g/mol. The molecule has 20 heavy (non-hydrogen) atoms. The third-order valence-electron chi connectivity index (χ3n) is 2.87. The highest BCUT2D eigenvalue weighted by atomic mass is 16.6. The van der Waals surface area contributed by atoms with E-state index in [4.69, 9.17) is 0 Å². The molecule has 0 unspecified atom stereocenters. The third-order valence-corrected chi connectivity index (χ3v) is 2.87. The van der Waals surface area contributed by atoms with Gasteiger partial charge in [-0.15, -0.1) is 0 Å². The molecule has 9 heteroatoms. The maximum atomic E-state index is 11.4. The smallest absolute Gasteiger partial charge is 0.353 e. The van der Waals surface area contributed by atoms with E-state index < -0.39 is 4.92 Å². The van der Waals surface area contributed by atoms with Crippen molar-refractivity contribution in [1.82, 2.24) is 15.3 Å². The van der Waals surface area contributed by atoms with Gasteiger partial charge in [-0.1, -0.05) is 6.92 Å². The van der Waals surface area contributed by atoms with Crippen LogP contribution in [-0.4, -0.2) is 47.0 Å². The number of hydrogen-bond acceptors (Lipinski definition) is 7. The Kier molecular flexibility index (Phi) is 4.28. The quantitative estimate of drug-likeness (QED) is 0.582. The Labute approximate surface area is 115 Å². The minimum atomic E-state index is -0.514. The number of piperazine rings is 1. The predicted molar refractivity (Wildman–Crippen MR) is 72.7 cm³/mol. The summed E-state index contributed by atoms with van der Waals surface area (Å²) >= 11 is 0. The van der Waals surface area contributed by atoms with Crippen molar-refractivity contribution in [2.24, 2.45) is 0 Å². The highest BCUT2D eigenvalue weighted by molar-refractivity contribution is 5.84. The maximum Gasteiger partial charge on any atom is 0.353 e. The van der Waals surface area contributed by atoms with E-state index in [-0.39, 0.29) is 29.8 Å². The van der Waals surface area contributed by atoms with E-state index in [2.05, 4.69) is 20.6 Å². The number of nitro groups is 1. The standard InChI is InChI=1S/C11H16N6O3/c1-2-3-13-10-9(17(19)20)11(15-7-14-10)16-5-4-12-8(18)6-16/h7H,2-6H2,1H3,(H,12,18)(H,13,14,15). The van der Waals surface area contributed by atoms with Crippen LogP contribution in [0.15, 0.2) is 6.33 Å². The van der Waals surface area contributed by atoms with Gasteiger partial charge in [-0.3, -0.25) is 14.9 Å². The van der Waals surface area contributed by atoms with Gasteiger partial charge in [-0.2, -0.15) is 0 Å². The molecule has 0 atom stereocenters. The number of carbonyl (C=O) groups excluding carboxylic acids is 1. The first-order chi connectivity index (χ1) is 9.63. The van der Waals surface area contributed by atoms with Crippen LogP contribution in [0.5, 0.6) is 0 Å². The topological polar surface area (TPSA) is 113 Å². The summed E-state index contributed by atoms with van der Waals surface area (Å²) < 4.78 is 0. The molecule has 1 aliphatic heterocycles. The van der Waals surface area contributed by atoms with E-state index >= 15 is 0 Å².